The van der Waals surface area contributed by atoms with Crippen molar-refractivity contribution in [3.63, 3.8) is 0 Å². The highest BCUT2D eigenvalue weighted by Crippen LogP contribution is 2.40. The van der Waals surface area contributed by atoms with E-state index in [1.54, 1.807) is 0 Å². The average molecular weight is 700 g/mol. The standard InChI is InChI=1S/C54H37N/c1-3-11-38(12-4-1)40-21-23-41(24-22-40)42-25-30-46(31-26-42)55(48-17-9-16-45(37-48)39-13-5-2-6-14-39)47-32-27-44(28-33-47)50-19-10-20-51-52(50)35-36-53-49-18-8-7-15-43(49)29-34-54(51)53/h1-37H. The molecular weight excluding hydrogens is 663 g/mol. The molecule has 1 heteroatoms. The van der Waals surface area contributed by atoms with Gasteiger partial charge < -0.3 is 4.90 Å². The topological polar surface area (TPSA) is 3.24 Å². The van der Waals surface area contributed by atoms with Gasteiger partial charge in [-0.15, -0.1) is 0 Å². The molecule has 258 valence electrons. The lowest BCUT2D eigenvalue weighted by molar-refractivity contribution is 1.28. The highest BCUT2D eigenvalue weighted by molar-refractivity contribution is 6.19. The van der Waals surface area contributed by atoms with Crippen LogP contribution >= 0.6 is 0 Å². The van der Waals surface area contributed by atoms with Gasteiger partial charge in [0, 0.05) is 17.1 Å². The summed E-state index contributed by atoms with van der Waals surface area (Å²) in [5.41, 5.74) is 13.0. The molecule has 1 nitrogen and oxygen atoms in total. The van der Waals surface area contributed by atoms with Crippen molar-refractivity contribution in [2.45, 2.75) is 0 Å². The Morgan fingerprint density at radius 1 is 0.218 bits per heavy atom. The highest BCUT2D eigenvalue weighted by atomic mass is 15.1. The molecule has 0 heterocycles. The van der Waals surface area contributed by atoms with Crippen molar-refractivity contribution in [1.29, 1.82) is 0 Å². The summed E-state index contributed by atoms with van der Waals surface area (Å²) in [6, 6.07) is 81.3. The van der Waals surface area contributed by atoms with E-state index in [2.05, 4.69) is 229 Å². The number of rotatable bonds is 7. The predicted molar refractivity (Wildman–Crippen MR) is 235 cm³/mol. The quantitative estimate of drug-likeness (QED) is 0.150. The number of fused-ring (bicyclic) bond motifs is 5. The Bertz CT molecular complexity index is 2930. The van der Waals surface area contributed by atoms with Crippen molar-refractivity contribution in [1.82, 2.24) is 0 Å². The minimum atomic E-state index is 1.10. The summed E-state index contributed by atoms with van der Waals surface area (Å²) in [7, 11) is 0. The highest BCUT2D eigenvalue weighted by Gasteiger charge is 2.16. The van der Waals surface area contributed by atoms with E-state index in [1.807, 2.05) is 0 Å². The van der Waals surface area contributed by atoms with Crippen LogP contribution in [0.15, 0.2) is 224 Å². The van der Waals surface area contributed by atoms with Gasteiger partial charge in [0.25, 0.3) is 0 Å². The van der Waals surface area contributed by atoms with Crippen LogP contribution < -0.4 is 4.90 Å². The fraction of sp³-hybridized carbons (Fsp3) is 0. The van der Waals surface area contributed by atoms with Gasteiger partial charge in [0.1, 0.15) is 0 Å². The summed E-state index contributed by atoms with van der Waals surface area (Å²) >= 11 is 0. The van der Waals surface area contributed by atoms with Crippen LogP contribution in [0.2, 0.25) is 0 Å². The molecule has 0 unspecified atom stereocenters. The summed E-state index contributed by atoms with van der Waals surface area (Å²) in [6.07, 6.45) is 0. The molecule has 0 aliphatic rings. The van der Waals surface area contributed by atoms with E-state index >= 15 is 0 Å². The lowest BCUT2D eigenvalue weighted by Crippen LogP contribution is -2.10. The normalized spacial score (nSPS) is 11.3. The van der Waals surface area contributed by atoms with Crippen LogP contribution in [0.25, 0.3) is 76.8 Å². The monoisotopic (exact) mass is 699 g/mol. The SMILES string of the molecule is c1ccc(-c2ccc(-c3ccc(N(c4ccc(-c5cccc6c5ccc5c7ccccc7ccc65)cc4)c4cccc(-c5ccccc5)c4)cc3)cc2)cc1. The molecule has 0 spiro atoms. The number of anilines is 3. The van der Waals surface area contributed by atoms with Gasteiger partial charge in [0.05, 0.1) is 0 Å². The number of nitrogens with zero attached hydrogens (tertiary/aromatic N) is 1. The lowest BCUT2D eigenvalue weighted by Gasteiger charge is -2.26. The zero-order chi connectivity index (χ0) is 36.6. The van der Waals surface area contributed by atoms with Crippen LogP contribution in [0.1, 0.15) is 0 Å². The van der Waals surface area contributed by atoms with Gasteiger partial charge in [-0.1, -0.05) is 188 Å². The van der Waals surface area contributed by atoms with E-state index in [9.17, 15) is 0 Å². The molecule has 0 aliphatic carbocycles. The van der Waals surface area contributed by atoms with E-state index in [0.717, 1.165) is 17.1 Å². The van der Waals surface area contributed by atoms with E-state index in [0.29, 0.717) is 0 Å². The summed E-state index contributed by atoms with van der Waals surface area (Å²) in [5.74, 6) is 0. The largest absolute Gasteiger partial charge is 0.310 e. The fourth-order valence-corrected chi connectivity index (χ4v) is 8.09. The van der Waals surface area contributed by atoms with Crippen LogP contribution in [0, 0.1) is 0 Å². The molecule has 10 rings (SSSR count). The molecule has 0 saturated carbocycles. The van der Waals surface area contributed by atoms with E-state index in [4.69, 9.17) is 0 Å². The Morgan fingerprint density at radius 3 is 1.33 bits per heavy atom. The first-order valence-electron chi connectivity index (χ1n) is 18.9. The zero-order valence-electron chi connectivity index (χ0n) is 30.3. The van der Waals surface area contributed by atoms with Gasteiger partial charge in [-0.2, -0.15) is 0 Å². The van der Waals surface area contributed by atoms with Crippen LogP contribution in [0.4, 0.5) is 17.1 Å². The molecule has 0 aliphatic heterocycles. The molecule has 0 bridgehead atoms. The Kier molecular flexibility index (Phi) is 8.24. The third-order valence-corrected chi connectivity index (χ3v) is 10.9. The summed E-state index contributed by atoms with van der Waals surface area (Å²) < 4.78 is 0. The molecule has 0 radical (unpaired) electrons. The summed E-state index contributed by atoms with van der Waals surface area (Å²) in [4.78, 5) is 2.36. The summed E-state index contributed by atoms with van der Waals surface area (Å²) in [5, 5.41) is 7.68. The molecule has 0 amide bonds. The average Bonchev–Trinajstić information content (AvgIpc) is 3.27. The maximum Gasteiger partial charge on any atom is 0.0467 e. The van der Waals surface area contributed by atoms with Gasteiger partial charge in [0.2, 0.25) is 0 Å². The smallest absolute Gasteiger partial charge is 0.0467 e. The van der Waals surface area contributed by atoms with Gasteiger partial charge in [-0.05, 0) is 113 Å². The number of benzene rings is 10. The Morgan fingerprint density at radius 2 is 0.655 bits per heavy atom. The zero-order valence-corrected chi connectivity index (χ0v) is 30.3. The molecule has 0 aromatic heterocycles. The van der Waals surface area contributed by atoms with Gasteiger partial charge in [0.15, 0.2) is 0 Å². The van der Waals surface area contributed by atoms with Gasteiger partial charge in [-0.3, -0.25) is 0 Å². The second-order valence-electron chi connectivity index (χ2n) is 14.1. The van der Waals surface area contributed by atoms with Crippen molar-refractivity contribution in [2.24, 2.45) is 0 Å². The molecular formula is C54H37N. The third kappa shape index (κ3) is 6.12. The molecule has 0 atom stereocenters. The van der Waals surface area contributed by atoms with Crippen molar-refractivity contribution in [3.05, 3.63) is 224 Å². The second-order valence-corrected chi connectivity index (χ2v) is 14.1. The minimum absolute atomic E-state index is 1.10. The van der Waals surface area contributed by atoms with Crippen molar-refractivity contribution in [3.8, 4) is 44.5 Å². The number of hydrogen-bond acceptors (Lipinski definition) is 1. The van der Waals surface area contributed by atoms with E-state index in [1.165, 1.54) is 76.8 Å². The fourth-order valence-electron chi connectivity index (χ4n) is 8.09. The molecule has 10 aromatic rings. The van der Waals surface area contributed by atoms with Crippen LogP contribution in [-0.4, -0.2) is 0 Å². The Hall–Kier alpha value is -7.22. The Labute approximate surface area is 322 Å². The maximum atomic E-state index is 2.36. The van der Waals surface area contributed by atoms with Crippen LogP contribution in [-0.2, 0) is 0 Å². The first kappa shape index (κ1) is 32.4. The second kappa shape index (κ2) is 14.0. The minimum Gasteiger partial charge on any atom is -0.310 e. The van der Waals surface area contributed by atoms with Crippen LogP contribution in [0.5, 0.6) is 0 Å². The van der Waals surface area contributed by atoms with Crippen molar-refractivity contribution >= 4 is 49.4 Å². The first-order chi connectivity index (χ1) is 27.3. The van der Waals surface area contributed by atoms with Gasteiger partial charge >= 0.3 is 0 Å². The maximum absolute atomic E-state index is 2.36. The van der Waals surface area contributed by atoms with Crippen molar-refractivity contribution < 1.29 is 0 Å². The Balaban J connectivity index is 1.03. The van der Waals surface area contributed by atoms with Gasteiger partial charge in [-0.25, -0.2) is 0 Å². The third-order valence-electron chi connectivity index (χ3n) is 10.9. The predicted octanol–water partition coefficient (Wildman–Crippen LogP) is 15.3. The first-order valence-corrected chi connectivity index (χ1v) is 18.9. The summed E-state index contributed by atoms with van der Waals surface area (Å²) in [6.45, 7) is 0. The molecule has 0 saturated heterocycles. The molecule has 10 aromatic carbocycles. The molecule has 0 fully saturated rings. The number of hydrogen-bond donors (Lipinski definition) is 0. The molecule has 55 heavy (non-hydrogen) atoms. The lowest BCUT2D eigenvalue weighted by atomic mass is 9.92. The van der Waals surface area contributed by atoms with E-state index < -0.39 is 0 Å². The molecule has 0 N–H and O–H groups in total. The van der Waals surface area contributed by atoms with Crippen LogP contribution in [0.3, 0.4) is 0 Å². The van der Waals surface area contributed by atoms with Crippen molar-refractivity contribution in [2.75, 3.05) is 4.90 Å². The van der Waals surface area contributed by atoms with E-state index in [-0.39, 0.29) is 0 Å².